The summed E-state index contributed by atoms with van der Waals surface area (Å²) in [5, 5.41) is 3.19. The van der Waals surface area contributed by atoms with Crippen LogP contribution in [0.4, 0.5) is 0 Å². The van der Waals surface area contributed by atoms with E-state index in [4.69, 9.17) is 9.47 Å². The van der Waals surface area contributed by atoms with Crippen molar-refractivity contribution in [3.63, 3.8) is 0 Å². The summed E-state index contributed by atoms with van der Waals surface area (Å²) in [4.78, 5) is 2.45. The molecular formula is C15H21BrN2O2. The molecule has 1 atom stereocenters. The number of benzene rings is 1. The van der Waals surface area contributed by atoms with Crippen molar-refractivity contribution >= 4 is 15.9 Å². The Morgan fingerprint density at radius 3 is 3.15 bits per heavy atom. The number of hydrogen-bond donors (Lipinski definition) is 1. The Bertz CT molecular complexity index is 479. The van der Waals surface area contributed by atoms with Crippen molar-refractivity contribution in [3.05, 3.63) is 27.7 Å². The zero-order chi connectivity index (χ0) is 13.9. The van der Waals surface area contributed by atoms with Crippen molar-refractivity contribution in [2.24, 2.45) is 0 Å². The van der Waals surface area contributed by atoms with Crippen LogP contribution in [0, 0.1) is 0 Å². The van der Waals surface area contributed by atoms with Crippen LogP contribution in [0.2, 0.25) is 0 Å². The first-order valence-electron chi connectivity index (χ1n) is 7.19. The second-order valence-electron chi connectivity index (χ2n) is 5.44. The molecule has 2 heterocycles. The Kier molecular flexibility index (Phi) is 4.61. The molecule has 20 heavy (non-hydrogen) atoms. The van der Waals surface area contributed by atoms with Crippen LogP contribution < -0.4 is 10.1 Å². The van der Waals surface area contributed by atoms with Gasteiger partial charge in [-0.2, -0.15) is 0 Å². The van der Waals surface area contributed by atoms with Gasteiger partial charge in [0.05, 0.1) is 19.3 Å². The van der Waals surface area contributed by atoms with E-state index in [1.807, 2.05) is 7.05 Å². The highest BCUT2D eigenvalue weighted by Gasteiger charge is 2.23. The van der Waals surface area contributed by atoms with Crippen molar-refractivity contribution in [2.75, 3.05) is 39.9 Å². The summed E-state index contributed by atoms with van der Waals surface area (Å²) in [7, 11) is 1.97. The first-order valence-corrected chi connectivity index (χ1v) is 7.98. The van der Waals surface area contributed by atoms with E-state index in [1.165, 1.54) is 11.1 Å². The van der Waals surface area contributed by atoms with E-state index < -0.39 is 0 Å². The van der Waals surface area contributed by atoms with Crippen LogP contribution in [0.3, 0.4) is 0 Å². The predicted octanol–water partition coefficient (Wildman–Crippen LogP) is 1.80. The average Bonchev–Trinajstić information content (AvgIpc) is 2.87. The maximum atomic E-state index is 5.81. The zero-order valence-corrected chi connectivity index (χ0v) is 13.4. The highest BCUT2D eigenvalue weighted by atomic mass is 79.9. The Labute approximate surface area is 128 Å². The third kappa shape index (κ3) is 3.17. The van der Waals surface area contributed by atoms with Crippen molar-refractivity contribution in [3.8, 4) is 5.75 Å². The minimum absolute atomic E-state index is 0.287. The van der Waals surface area contributed by atoms with E-state index in [0.29, 0.717) is 0 Å². The lowest BCUT2D eigenvalue weighted by molar-refractivity contribution is -0.0293. The number of nitrogens with one attached hydrogen (secondary N) is 1. The van der Waals surface area contributed by atoms with Gasteiger partial charge in [-0.25, -0.2) is 0 Å². The lowest BCUT2D eigenvalue weighted by atomic mass is 10.1. The summed E-state index contributed by atoms with van der Waals surface area (Å²) in [5.74, 6) is 1.10. The van der Waals surface area contributed by atoms with Gasteiger partial charge < -0.3 is 14.8 Å². The molecule has 1 N–H and O–H groups in total. The maximum absolute atomic E-state index is 5.81. The molecular weight excluding hydrogens is 320 g/mol. The van der Waals surface area contributed by atoms with Crippen molar-refractivity contribution in [1.29, 1.82) is 0 Å². The fraction of sp³-hybridized carbons (Fsp3) is 0.600. The molecule has 110 valence electrons. The Balaban J connectivity index is 1.71. The monoisotopic (exact) mass is 340 g/mol. The Morgan fingerprint density at radius 2 is 2.30 bits per heavy atom. The summed E-state index contributed by atoms with van der Waals surface area (Å²) in [6.07, 6.45) is 1.31. The molecule has 1 aromatic carbocycles. The summed E-state index contributed by atoms with van der Waals surface area (Å²) in [6, 6.07) is 4.36. The van der Waals surface area contributed by atoms with Crippen LogP contribution in [0.5, 0.6) is 5.75 Å². The van der Waals surface area contributed by atoms with Crippen LogP contribution >= 0.6 is 15.9 Å². The highest BCUT2D eigenvalue weighted by molar-refractivity contribution is 9.10. The number of fused-ring (bicyclic) bond motifs is 1. The van der Waals surface area contributed by atoms with Gasteiger partial charge in [0.1, 0.15) is 5.75 Å². The second kappa shape index (κ2) is 6.43. The molecule has 1 aromatic rings. The fourth-order valence-corrected chi connectivity index (χ4v) is 3.53. The topological polar surface area (TPSA) is 33.7 Å². The number of ether oxygens (including phenoxy) is 2. The van der Waals surface area contributed by atoms with Gasteiger partial charge in [0.15, 0.2) is 0 Å². The molecule has 1 fully saturated rings. The second-order valence-corrected chi connectivity index (χ2v) is 6.35. The number of morpholine rings is 1. The highest BCUT2D eigenvalue weighted by Crippen LogP contribution is 2.33. The third-order valence-electron chi connectivity index (χ3n) is 3.87. The molecule has 1 saturated heterocycles. The quantitative estimate of drug-likeness (QED) is 0.906. The van der Waals surface area contributed by atoms with Gasteiger partial charge in [-0.3, -0.25) is 4.90 Å². The fourth-order valence-electron chi connectivity index (χ4n) is 2.98. The molecule has 2 aliphatic rings. The third-order valence-corrected chi connectivity index (χ3v) is 4.33. The smallest absolute Gasteiger partial charge is 0.127 e. The molecule has 0 aliphatic carbocycles. The van der Waals surface area contributed by atoms with Gasteiger partial charge in [0.2, 0.25) is 0 Å². The molecule has 5 heteroatoms. The normalized spacial score (nSPS) is 22.6. The van der Waals surface area contributed by atoms with Crippen LogP contribution in [0.1, 0.15) is 11.1 Å². The van der Waals surface area contributed by atoms with Gasteiger partial charge in [-0.05, 0) is 24.7 Å². The zero-order valence-electron chi connectivity index (χ0n) is 11.8. The number of hydrogen-bond acceptors (Lipinski definition) is 4. The first-order chi connectivity index (χ1) is 9.76. The van der Waals surface area contributed by atoms with Crippen LogP contribution in [-0.4, -0.2) is 50.9 Å². The first kappa shape index (κ1) is 14.3. The van der Waals surface area contributed by atoms with Crippen LogP contribution in [-0.2, 0) is 17.7 Å². The maximum Gasteiger partial charge on any atom is 0.127 e. The van der Waals surface area contributed by atoms with Crippen molar-refractivity contribution < 1.29 is 9.47 Å². The van der Waals surface area contributed by atoms with Crippen molar-refractivity contribution in [2.45, 2.75) is 19.1 Å². The molecule has 0 radical (unpaired) electrons. The number of nitrogens with zero attached hydrogens (tertiary/aromatic N) is 1. The summed E-state index contributed by atoms with van der Waals surface area (Å²) < 4.78 is 12.7. The molecule has 0 bridgehead atoms. The molecule has 4 nitrogen and oxygen atoms in total. The van der Waals surface area contributed by atoms with Crippen molar-refractivity contribution in [1.82, 2.24) is 10.2 Å². The largest absolute Gasteiger partial charge is 0.493 e. The Morgan fingerprint density at radius 1 is 1.40 bits per heavy atom. The molecule has 0 spiro atoms. The van der Waals surface area contributed by atoms with E-state index in [2.05, 4.69) is 38.3 Å². The van der Waals surface area contributed by atoms with Gasteiger partial charge in [0, 0.05) is 42.6 Å². The van der Waals surface area contributed by atoms with Crippen LogP contribution in [0.25, 0.3) is 0 Å². The van der Waals surface area contributed by atoms with E-state index in [9.17, 15) is 0 Å². The number of halogens is 1. The predicted molar refractivity (Wildman–Crippen MR) is 82.3 cm³/mol. The Hall–Kier alpha value is -0.620. The standard InChI is InChI=1S/C15H21BrN2O2/c1-17-8-14-10-18(3-5-19-14)9-12-7-13(16)6-11-2-4-20-15(11)12/h6-7,14,17H,2-5,8-10H2,1H3. The minimum atomic E-state index is 0.287. The molecule has 1 unspecified atom stereocenters. The lowest BCUT2D eigenvalue weighted by Crippen LogP contribution is -2.45. The van der Waals surface area contributed by atoms with Crippen LogP contribution in [0.15, 0.2) is 16.6 Å². The van der Waals surface area contributed by atoms with E-state index in [1.54, 1.807) is 0 Å². The molecule has 2 aliphatic heterocycles. The molecule has 0 saturated carbocycles. The lowest BCUT2D eigenvalue weighted by Gasteiger charge is -2.33. The van der Waals surface area contributed by atoms with E-state index in [-0.39, 0.29) is 6.10 Å². The molecule has 0 amide bonds. The van der Waals surface area contributed by atoms with E-state index in [0.717, 1.165) is 56.0 Å². The number of likely N-dealkylation sites (N-methyl/N-ethyl adjacent to an activating group) is 1. The number of rotatable bonds is 4. The average molecular weight is 341 g/mol. The van der Waals surface area contributed by atoms with Gasteiger partial charge in [-0.1, -0.05) is 15.9 Å². The van der Waals surface area contributed by atoms with Gasteiger partial charge in [-0.15, -0.1) is 0 Å². The summed E-state index contributed by atoms with van der Waals surface area (Å²) in [5.41, 5.74) is 2.62. The molecule has 3 rings (SSSR count). The van der Waals surface area contributed by atoms with E-state index >= 15 is 0 Å². The molecule has 0 aromatic heterocycles. The SMILES string of the molecule is CNCC1CN(Cc2cc(Br)cc3c2OCC3)CCO1. The minimum Gasteiger partial charge on any atom is -0.493 e. The van der Waals surface area contributed by atoms with Gasteiger partial charge in [0.25, 0.3) is 0 Å². The van der Waals surface area contributed by atoms with Gasteiger partial charge >= 0.3 is 0 Å². The summed E-state index contributed by atoms with van der Waals surface area (Å²) >= 11 is 3.61. The summed E-state index contributed by atoms with van der Waals surface area (Å²) in [6.45, 7) is 5.42.